The Bertz CT molecular complexity index is 550. The number of carbonyl (C=O) groups is 1. The molecule has 0 aliphatic heterocycles. The lowest BCUT2D eigenvalue weighted by molar-refractivity contribution is -0.139. The summed E-state index contributed by atoms with van der Waals surface area (Å²) in [5.74, 6) is -12.1. The number of hydrogen-bond donors (Lipinski definition) is 2. The fourth-order valence-electron chi connectivity index (χ4n) is 1.42. The molecule has 0 spiro atoms. The SMILES string of the molecule is CC(C)(SCc1c(F)c(F)c(F)c(F)c1F)[C@@H](N)C(=O)O. The third kappa shape index (κ3) is 3.46. The minimum Gasteiger partial charge on any atom is -0.480 e. The van der Waals surface area contributed by atoms with Crippen molar-refractivity contribution in [3.63, 3.8) is 0 Å². The quantitative estimate of drug-likeness (QED) is 0.495. The Hall–Kier alpha value is -1.35. The molecular formula is C12H12F5NO2S. The molecule has 1 aromatic rings. The van der Waals surface area contributed by atoms with Crippen molar-refractivity contribution in [2.24, 2.45) is 5.73 Å². The van der Waals surface area contributed by atoms with Crippen LogP contribution in [-0.2, 0) is 10.5 Å². The van der Waals surface area contributed by atoms with Gasteiger partial charge in [0.05, 0.1) is 0 Å². The van der Waals surface area contributed by atoms with Crippen molar-refractivity contribution < 1.29 is 31.9 Å². The van der Waals surface area contributed by atoms with Crippen LogP contribution in [0.15, 0.2) is 0 Å². The van der Waals surface area contributed by atoms with E-state index in [1.165, 1.54) is 13.8 Å². The largest absolute Gasteiger partial charge is 0.480 e. The van der Waals surface area contributed by atoms with Crippen molar-refractivity contribution >= 4 is 17.7 Å². The van der Waals surface area contributed by atoms with Crippen LogP contribution in [0.2, 0.25) is 0 Å². The van der Waals surface area contributed by atoms with E-state index in [2.05, 4.69) is 0 Å². The molecule has 0 aliphatic carbocycles. The van der Waals surface area contributed by atoms with Crippen LogP contribution >= 0.6 is 11.8 Å². The first kappa shape index (κ1) is 17.7. The third-order valence-electron chi connectivity index (χ3n) is 2.90. The molecule has 0 amide bonds. The summed E-state index contributed by atoms with van der Waals surface area (Å²) in [7, 11) is 0. The van der Waals surface area contributed by atoms with Gasteiger partial charge in [-0.1, -0.05) is 0 Å². The van der Waals surface area contributed by atoms with E-state index in [1.54, 1.807) is 0 Å². The monoisotopic (exact) mass is 329 g/mol. The van der Waals surface area contributed by atoms with Crippen LogP contribution in [0.5, 0.6) is 0 Å². The average molecular weight is 329 g/mol. The third-order valence-corrected chi connectivity index (χ3v) is 4.34. The van der Waals surface area contributed by atoms with Gasteiger partial charge in [-0.3, -0.25) is 4.79 Å². The van der Waals surface area contributed by atoms with E-state index in [1.807, 2.05) is 0 Å². The second-order valence-corrected chi connectivity index (χ2v) is 6.39. The summed E-state index contributed by atoms with van der Waals surface area (Å²) < 4.78 is 64.7. The van der Waals surface area contributed by atoms with Gasteiger partial charge >= 0.3 is 5.97 Å². The summed E-state index contributed by atoms with van der Waals surface area (Å²) in [6.07, 6.45) is 0. The van der Waals surface area contributed by atoms with E-state index in [9.17, 15) is 26.7 Å². The van der Waals surface area contributed by atoms with Gasteiger partial charge in [-0.2, -0.15) is 0 Å². The zero-order chi connectivity index (χ0) is 16.5. The second-order valence-electron chi connectivity index (χ2n) is 4.76. The van der Waals surface area contributed by atoms with Gasteiger partial charge in [0.15, 0.2) is 23.3 Å². The Balaban J connectivity index is 3.08. The highest BCUT2D eigenvalue weighted by atomic mass is 32.2. The van der Waals surface area contributed by atoms with E-state index in [0.717, 1.165) is 0 Å². The van der Waals surface area contributed by atoms with Crippen LogP contribution in [0.25, 0.3) is 0 Å². The number of carboxylic acid groups (broad SMARTS) is 1. The van der Waals surface area contributed by atoms with Gasteiger partial charge in [-0.15, -0.1) is 11.8 Å². The van der Waals surface area contributed by atoms with E-state index in [0.29, 0.717) is 11.8 Å². The van der Waals surface area contributed by atoms with Crippen molar-refractivity contribution in [1.29, 1.82) is 0 Å². The number of halogens is 5. The summed E-state index contributed by atoms with van der Waals surface area (Å²) in [5, 5.41) is 8.79. The van der Waals surface area contributed by atoms with E-state index in [4.69, 9.17) is 10.8 Å². The predicted octanol–water partition coefficient (Wildman–Crippen LogP) is 2.81. The summed E-state index contributed by atoms with van der Waals surface area (Å²) >= 11 is 0.678. The fourth-order valence-corrected chi connectivity index (χ4v) is 2.47. The van der Waals surface area contributed by atoms with Gasteiger partial charge in [-0.05, 0) is 13.8 Å². The van der Waals surface area contributed by atoms with Crippen LogP contribution in [0.3, 0.4) is 0 Å². The molecule has 0 fully saturated rings. The first-order valence-corrected chi connectivity index (χ1v) is 6.62. The Morgan fingerprint density at radius 2 is 1.48 bits per heavy atom. The van der Waals surface area contributed by atoms with E-state index >= 15 is 0 Å². The number of carboxylic acids is 1. The topological polar surface area (TPSA) is 63.3 Å². The molecule has 1 rings (SSSR count). The van der Waals surface area contributed by atoms with Crippen molar-refractivity contribution in [2.45, 2.75) is 30.4 Å². The standard InChI is InChI=1S/C12H12F5NO2S/c1-12(2,10(18)11(19)20)21-3-4-5(13)7(15)9(17)8(16)6(4)14/h10H,3,18H2,1-2H3,(H,19,20)/t10-/m0/s1. The molecule has 0 aliphatic rings. The Morgan fingerprint density at radius 1 is 1.10 bits per heavy atom. The Morgan fingerprint density at radius 3 is 1.86 bits per heavy atom. The average Bonchev–Trinajstić information content (AvgIpc) is 2.41. The van der Waals surface area contributed by atoms with Crippen LogP contribution in [0, 0.1) is 29.1 Å². The lowest BCUT2D eigenvalue weighted by Gasteiger charge is -2.28. The van der Waals surface area contributed by atoms with Gasteiger partial charge in [-0.25, -0.2) is 22.0 Å². The summed E-state index contributed by atoms with van der Waals surface area (Å²) in [5.41, 5.74) is 4.39. The molecule has 21 heavy (non-hydrogen) atoms. The summed E-state index contributed by atoms with van der Waals surface area (Å²) in [6, 6.07) is -1.37. The maximum absolute atomic E-state index is 13.5. The highest BCUT2D eigenvalue weighted by Gasteiger charge is 2.34. The van der Waals surface area contributed by atoms with Crippen molar-refractivity contribution in [3.8, 4) is 0 Å². The number of aliphatic carboxylic acids is 1. The Labute approximate surface area is 121 Å². The maximum Gasteiger partial charge on any atom is 0.321 e. The maximum atomic E-state index is 13.5. The minimum absolute atomic E-state index is 0.611. The molecule has 1 aromatic carbocycles. The molecule has 0 saturated heterocycles. The van der Waals surface area contributed by atoms with Crippen molar-refractivity contribution in [1.82, 2.24) is 0 Å². The van der Waals surface area contributed by atoms with Crippen molar-refractivity contribution in [3.05, 3.63) is 34.6 Å². The molecule has 3 N–H and O–H groups in total. The van der Waals surface area contributed by atoms with Crippen LogP contribution in [-0.4, -0.2) is 21.9 Å². The first-order chi connectivity index (χ1) is 9.50. The fraction of sp³-hybridized carbons (Fsp3) is 0.417. The second kappa shape index (κ2) is 6.18. The molecular weight excluding hydrogens is 317 g/mol. The predicted molar refractivity (Wildman–Crippen MR) is 67.2 cm³/mol. The van der Waals surface area contributed by atoms with Gasteiger partial charge in [0.1, 0.15) is 6.04 Å². The van der Waals surface area contributed by atoms with E-state index in [-0.39, 0.29) is 0 Å². The zero-order valence-corrected chi connectivity index (χ0v) is 11.8. The number of thioether (sulfide) groups is 1. The normalized spacial score (nSPS) is 13.3. The number of hydrogen-bond acceptors (Lipinski definition) is 3. The molecule has 0 heterocycles. The molecule has 3 nitrogen and oxygen atoms in total. The molecule has 0 unspecified atom stereocenters. The molecule has 1 atom stereocenters. The van der Waals surface area contributed by atoms with Crippen LogP contribution in [0.4, 0.5) is 22.0 Å². The van der Waals surface area contributed by atoms with Gasteiger partial charge in [0, 0.05) is 16.1 Å². The molecule has 118 valence electrons. The molecule has 0 aromatic heterocycles. The van der Waals surface area contributed by atoms with Crippen molar-refractivity contribution in [2.75, 3.05) is 0 Å². The van der Waals surface area contributed by atoms with Crippen LogP contribution < -0.4 is 5.73 Å². The molecule has 0 saturated carbocycles. The smallest absolute Gasteiger partial charge is 0.321 e. The first-order valence-electron chi connectivity index (χ1n) is 5.63. The molecule has 0 bridgehead atoms. The van der Waals surface area contributed by atoms with Gasteiger partial charge < -0.3 is 10.8 Å². The highest BCUT2D eigenvalue weighted by molar-refractivity contribution is 7.99. The highest BCUT2D eigenvalue weighted by Crippen LogP contribution is 2.33. The molecule has 0 radical (unpaired) electrons. The minimum atomic E-state index is -2.24. The Kier molecular flexibility index (Phi) is 5.21. The number of rotatable bonds is 5. The number of benzene rings is 1. The summed E-state index contributed by atoms with van der Waals surface area (Å²) in [6.45, 7) is 2.78. The lowest BCUT2D eigenvalue weighted by Crippen LogP contribution is -2.46. The van der Waals surface area contributed by atoms with Crippen LogP contribution in [0.1, 0.15) is 19.4 Å². The summed E-state index contributed by atoms with van der Waals surface area (Å²) in [4.78, 5) is 10.8. The van der Waals surface area contributed by atoms with Gasteiger partial charge in [0.2, 0.25) is 5.82 Å². The molecule has 9 heteroatoms. The van der Waals surface area contributed by atoms with Gasteiger partial charge in [0.25, 0.3) is 0 Å². The lowest BCUT2D eigenvalue weighted by atomic mass is 10.1. The van der Waals surface area contributed by atoms with E-state index < -0.39 is 57.2 Å². The number of nitrogens with two attached hydrogens (primary N) is 1. The zero-order valence-electron chi connectivity index (χ0n) is 11.0.